The van der Waals surface area contributed by atoms with Crippen LogP contribution < -0.4 is 0 Å². The van der Waals surface area contributed by atoms with E-state index in [2.05, 4.69) is 9.97 Å². The number of carbonyl (C=O) groups is 1. The Morgan fingerprint density at radius 3 is 2.76 bits per heavy atom. The van der Waals surface area contributed by atoms with Crippen molar-refractivity contribution < 1.29 is 9.53 Å². The maximum Gasteiger partial charge on any atom is 0.331 e. The summed E-state index contributed by atoms with van der Waals surface area (Å²) >= 11 is 6.32. The van der Waals surface area contributed by atoms with E-state index >= 15 is 0 Å². The zero-order valence-corrected chi connectivity index (χ0v) is 16.9. The van der Waals surface area contributed by atoms with Crippen LogP contribution in [0.15, 0.2) is 60.8 Å². The van der Waals surface area contributed by atoms with Crippen molar-refractivity contribution in [1.82, 2.24) is 9.97 Å². The quantitative estimate of drug-likeness (QED) is 0.245. The molecule has 0 radical (unpaired) electrons. The lowest BCUT2D eigenvalue weighted by molar-refractivity contribution is -0.138. The van der Waals surface area contributed by atoms with Crippen molar-refractivity contribution in [3.63, 3.8) is 0 Å². The van der Waals surface area contributed by atoms with Gasteiger partial charge in [0.2, 0.25) is 0 Å². The average Bonchev–Trinajstić information content (AvgIpc) is 2.74. The van der Waals surface area contributed by atoms with E-state index in [9.17, 15) is 4.79 Å². The second-order valence-corrected chi connectivity index (χ2v) is 7.24. The van der Waals surface area contributed by atoms with E-state index in [4.69, 9.17) is 16.3 Å². The van der Waals surface area contributed by atoms with Crippen molar-refractivity contribution in [3.05, 3.63) is 88.2 Å². The molecule has 5 heteroatoms. The highest BCUT2D eigenvalue weighted by atomic mass is 35.5. The molecule has 0 saturated carbocycles. The van der Waals surface area contributed by atoms with Gasteiger partial charge in [0.1, 0.15) is 11.8 Å². The lowest BCUT2D eigenvalue weighted by Crippen LogP contribution is -2.02. The van der Waals surface area contributed by atoms with Crippen molar-refractivity contribution in [2.24, 2.45) is 0 Å². The summed E-state index contributed by atoms with van der Waals surface area (Å²) in [6.07, 6.45) is 4.85. The fourth-order valence-corrected chi connectivity index (χ4v) is 3.42. The van der Waals surface area contributed by atoms with Crippen LogP contribution in [0.3, 0.4) is 0 Å². The third kappa shape index (κ3) is 3.98. The highest BCUT2D eigenvalue weighted by Gasteiger charge is 2.10. The molecule has 0 atom stereocenters. The number of fused-ring (bicyclic) bond motifs is 2. The molecule has 144 valence electrons. The molecular weight excluding hydrogens is 384 g/mol. The molecule has 2 heterocycles. The average molecular weight is 403 g/mol. The van der Waals surface area contributed by atoms with E-state index in [0.29, 0.717) is 10.7 Å². The molecule has 0 N–H and O–H groups in total. The third-order valence-corrected chi connectivity index (χ3v) is 5.30. The predicted octanol–water partition coefficient (Wildman–Crippen LogP) is 5.81. The van der Waals surface area contributed by atoms with Gasteiger partial charge in [-0.3, -0.25) is 4.98 Å². The summed E-state index contributed by atoms with van der Waals surface area (Å²) in [5.74, 6) is -0.450. The first-order chi connectivity index (χ1) is 14.0. The summed E-state index contributed by atoms with van der Waals surface area (Å²) in [5.41, 5.74) is 5.50. The lowest BCUT2D eigenvalue weighted by Gasteiger charge is -2.09. The number of halogens is 1. The topological polar surface area (TPSA) is 52.1 Å². The molecule has 0 aliphatic rings. The van der Waals surface area contributed by atoms with Gasteiger partial charge in [-0.15, -0.1) is 0 Å². The van der Waals surface area contributed by atoms with Crippen LogP contribution in [0.2, 0.25) is 5.15 Å². The monoisotopic (exact) mass is 402 g/mol. The van der Waals surface area contributed by atoms with Gasteiger partial charge in [-0.25, -0.2) is 9.78 Å². The molecular formula is C24H19ClN2O2. The first-order valence-corrected chi connectivity index (χ1v) is 9.64. The number of rotatable bonds is 4. The van der Waals surface area contributed by atoms with Crippen LogP contribution in [-0.2, 0) is 16.1 Å². The van der Waals surface area contributed by atoms with Crippen molar-refractivity contribution in [2.75, 3.05) is 0 Å². The molecule has 4 aromatic rings. The molecule has 4 nitrogen and oxygen atoms in total. The summed E-state index contributed by atoms with van der Waals surface area (Å²) in [5, 5.41) is 2.34. The van der Waals surface area contributed by atoms with Crippen molar-refractivity contribution in [3.8, 4) is 0 Å². The second kappa shape index (κ2) is 8.02. The number of para-hydroxylation sites is 1. The van der Waals surface area contributed by atoms with Gasteiger partial charge in [-0.1, -0.05) is 48.0 Å². The van der Waals surface area contributed by atoms with Gasteiger partial charge >= 0.3 is 5.97 Å². The van der Waals surface area contributed by atoms with Gasteiger partial charge in [0.25, 0.3) is 0 Å². The van der Waals surface area contributed by atoms with E-state index < -0.39 is 5.97 Å². The Bertz CT molecular complexity index is 1260. The minimum absolute atomic E-state index is 0.0612. The van der Waals surface area contributed by atoms with Crippen LogP contribution in [0.25, 0.3) is 27.9 Å². The van der Waals surface area contributed by atoms with Crippen molar-refractivity contribution >= 4 is 45.5 Å². The molecule has 0 saturated heterocycles. The number of hydrogen-bond donors (Lipinski definition) is 0. The largest absolute Gasteiger partial charge is 0.458 e. The number of carbonyl (C=O) groups excluding carboxylic acids is 1. The van der Waals surface area contributed by atoms with Crippen LogP contribution in [0.1, 0.15) is 22.3 Å². The Morgan fingerprint density at radius 2 is 1.90 bits per heavy atom. The van der Waals surface area contributed by atoms with E-state index in [-0.39, 0.29) is 6.61 Å². The van der Waals surface area contributed by atoms with Gasteiger partial charge < -0.3 is 4.74 Å². The normalized spacial score (nSPS) is 11.4. The minimum atomic E-state index is -0.450. The molecule has 0 spiro atoms. The van der Waals surface area contributed by atoms with E-state index in [1.165, 1.54) is 6.08 Å². The molecule has 0 fully saturated rings. The number of pyridine rings is 2. The fraction of sp³-hybridized carbons (Fsp3) is 0.125. The van der Waals surface area contributed by atoms with Gasteiger partial charge in [0.05, 0.1) is 11.0 Å². The van der Waals surface area contributed by atoms with E-state index in [1.54, 1.807) is 12.3 Å². The van der Waals surface area contributed by atoms with Crippen LogP contribution in [0.4, 0.5) is 0 Å². The fourth-order valence-electron chi connectivity index (χ4n) is 3.22. The molecule has 0 aliphatic carbocycles. The molecule has 2 aromatic heterocycles. The highest BCUT2D eigenvalue weighted by molar-refractivity contribution is 6.30. The molecule has 2 aromatic carbocycles. The Labute approximate surface area is 173 Å². The summed E-state index contributed by atoms with van der Waals surface area (Å²) in [7, 11) is 0. The Hall–Kier alpha value is -3.24. The number of benzene rings is 2. The van der Waals surface area contributed by atoms with Crippen molar-refractivity contribution in [1.29, 1.82) is 0 Å². The van der Waals surface area contributed by atoms with Gasteiger partial charge in [-0.05, 0) is 43.2 Å². The molecule has 0 amide bonds. The maximum atomic E-state index is 12.2. The van der Waals surface area contributed by atoms with Crippen LogP contribution in [-0.4, -0.2) is 15.9 Å². The summed E-state index contributed by atoms with van der Waals surface area (Å²) in [6, 6.07) is 15.7. The van der Waals surface area contributed by atoms with Crippen LogP contribution >= 0.6 is 11.6 Å². The number of aryl methyl sites for hydroxylation is 2. The number of ether oxygens (including phenoxy) is 1. The SMILES string of the molecule is Cc1ccc2cc(COC(=O)/C=C/c3cccc4cccnc34)c(Cl)nc2c1C. The summed E-state index contributed by atoms with van der Waals surface area (Å²) in [4.78, 5) is 21.1. The number of hydrogen-bond acceptors (Lipinski definition) is 4. The van der Waals surface area contributed by atoms with Gasteiger partial charge in [0, 0.05) is 34.2 Å². The summed E-state index contributed by atoms with van der Waals surface area (Å²) in [6.45, 7) is 4.12. The smallest absolute Gasteiger partial charge is 0.331 e. The van der Waals surface area contributed by atoms with Gasteiger partial charge in [-0.2, -0.15) is 0 Å². The maximum absolute atomic E-state index is 12.2. The van der Waals surface area contributed by atoms with Crippen LogP contribution in [0, 0.1) is 13.8 Å². The molecule has 4 rings (SSSR count). The zero-order chi connectivity index (χ0) is 20.4. The third-order valence-electron chi connectivity index (χ3n) is 4.97. The number of aromatic nitrogens is 2. The van der Waals surface area contributed by atoms with Crippen LogP contribution in [0.5, 0.6) is 0 Å². The second-order valence-electron chi connectivity index (χ2n) is 6.88. The minimum Gasteiger partial charge on any atom is -0.458 e. The first-order valence-electron chi connectivity index (χ1n) is 9.27. The predicted molar refractivity (Wildman–Crippen MR) is 117 cm³/mol. The Morgan fingerprint density at radius 1 is 1.07 bits per heavy atom. The van der Waals surface area contributed by atoms with E-state index in [0.717, 1.165) is 38.5 Å². The molecule has 0 aliphatic heterocycles. The van der Waals surface area contributed by atoms with Crippen molar-refractivity contribution in [2.45, 2.75) is 20.5 Å². The molecule has 0 bridgehead atoms. The zero-order valence-electron chi connectivity index (χ0n) is 16.1. The number of esters is 1. The van der Waals surface area contributed by atoms with Gasteiger partial charge in [0.15, 0.2) is 0 Å². The van der Waals surface area contributed by atoms with E-state index in [1.807, 2.05) is 62.4 Å². The Kier molecular flexibility index (Phi) is 5.28. The lowest BCUT2D eigenvalue weighted by atomic mass is 10.0. The molecule has 0 unspecified atom stereocenters. The summed E-state index contributed by atoms with van der Waals surface area (Å²) < 4.78 is 5.37. The highest BCUT2D eigenvalue weighted by Crippen LogP contribution is 2.25. The Balaban J connectivity index is 1.50. The standard InChI is InChI=1S/C24H19ClN2O2/c1-15-8-9-19-13-20(24(25)27-22(19)16(15)2)14-29-21(28)11-10-18-6-3-5-17-7-4-12-26-23(17)18/h3-13H,14H2,1-2H3/b11-10+. The molecule has 29 heavy (non-hydrogen) atoms. The number of nitrogens with zero attached hydrogens (tertiary/aromatic N) is 2. The first kappa shape index (κ1) is 19.1.